The van der Waals surface area contributed by atoms with Crippen LogP contribution in [-0.2, 0) is 9.84 Å². The molecule has 0 radical (unpaired) electrons. The highest BCUT2D eigenvalue weighted by atomic mass is 32.2. The van der Waals surface area contributed by atoms with Crippen LogP contribution in [0.15, 0.2) is 47.4 Å². The van der Waals surface area contributed by atoms with Crippen molar-refractivity contribution in [3.05, 3.63) is 52.6 Å². The van der Waals surface area contributed by atoms with Gasteiger partial charge in [-0.15, -0.1) is 0 Å². The number of anilines is 3. The van der Waals surface area contributed by atoms with Crippen molar-refractivity contribution in [3.63, 3.8) is 0 Å². The normalized spacial score (nSPS) is 11.1. The number of nitrogens with one attached hydrogen (secondary N) is 1. The highest BCUT2D eigenvalue weighted by Gasteiger charge is 2.20. The molecule has 0 aromatic heterocycles. The Hall–Kier alpha value is -2.61. The average molecular weight is 321 g/mol. The Labute approximate surface area is 127 Å². The molecule has 2 aromatic rings. The molecule has 0 aliphatic heterocycles. The van der Waals surface area contributed by atoms with Crippen molar-refractivity contribution in [2.24, 2.45) is 0 Å². The van der Waals surface area contributed by atoms with Gasteiger partial charge in [0.05, 0.1) is 15.6 Å². The van der Waals surface area contributed by atoms with Gasteiger partial charge in [-0.25, -0.2) is 8.42 Å². The maximum Gasteiger partial charge on any atom is 0.293 e. The van der Waals surface area contributed by atoms with Gasteiger partial charge in [0, 0.05) is 17.4 Å². The quantitative estimate of drug-likeness (QED) is 0.497. The van der Waals surface area contributed by atoms with E-state index in [2.05, 4.69) is 5.32 Å². The smallest absolute Gasteiger partial charge is 0.293 e. The molecule has 2 aromatic carbocycles. The number of sulfone groups is 1. The van der Waals surface area contributed by atoms with E-state index in [0.29, 0.717) is 11.4 Å². The lowest BCUT2D eigenvalue weighted by atomic mass is 10.2. The monoisotopic (exact) mass is 321 g/mol. The van der Waals surface area contributed by atoms with Crippen molar-refractivity contribution in [3.8, 4) is 0 Å². The first-order chi connectivity index (χ1) is 10.3. The topological polar surface area (TPSA) is 115 Å². The summed E-state index contributed by atoms with van der Waals surface area (Å²) in [7, 11) is -3.50. The van der Waals surface area contributed by atoms with Gasteiger partial charge < -0.3 is 11.1 Å². The largest absolute Gasteiger partial charge is 0.399 e. The maximum atomic E-state index is 11.8. The van der Waals surface area contributed by atoms with Gasteiger partial charge in [-0.1, -0.05) is 6.92 Å². The lowest BCUT2D eigenvalue weighted by Gasteiger charge is -2.09. The van der Waals surface area contributed by atoms with Gasteiger partial charge in [-0.2, -0.15) is 0 Å². The summed E-state index contributed by atoms with van der Waals surface area (Å²) >= 11 is 0. The number of nitro benzene ring substituents is 1. The first-order valence-electron chi connectivity index (χ1n) is 6.47. The van der Waals surface area contributed by atoms with E-state index in [4.69, 9.17) is 5.73 Å². The molecule has 0 unspecified atom stereocenters. The second-order valence-corrected chi connectivity index (χ2v) is 6.86. The van der Waals surface area contributed by atoms with Crippen molar-refractivity contribution >= 4 is 32.6 Å². The SMILES string of the molecule is CCS(=O)(=O)c1ccc(Nc2ccc(N)cc2)c([N+](=O)[O-])c1. The van der Waals surface area contributed by atoms with E-state index in [1.807, 2.05) is 0 Å². The van der Waals surface area contributed by atoms with Crippen molar-refractivity contribution in [1.29, 1.82) is 0 Å². The molecule has 116 valence electrons. The number of rotatable bonds is 5. The summed E-state index contributed by atoms with van der Waals surface area (Å²) in [4.78, 5) is 10.5. The van der Waals surface area contributed by atoms with Crippen molar-refractivity contribution < 1.29 is 13.3 Å². The van der Waals surface area contributed by atoms with Crippen molar-refractivity contribution in [1.82, 2.24) is 0 Å². The summed E-state index contributed by atoms with van der Waals surface area (Å²) < 4.78 is 23.7. The number of nitrogens with zero attached hydrogens (tertiary/aromatic N) is 1. The van der Waals surface area contributed by atoms with E-state index in [0.717, 1.165) is 6.07 Å². The van der Waals surface area contributed by atoms with Gasteiger partial charge in [0.2, 0.25) is 0 Å². The minimum atomic E-state index is -3.50. The van der Waals surface area contributed by atoms with Crippen LogP contribution in [-0.4, -0.2) is 19.1 Å². The highest BCUT2D eigenvalue weighted by molar-refractivity contribution is 7.91. The minimum Gasteiger partial charge on any atom is -0.399 e. The Balaban J connectivity index is 2.44. The van der Waals surface area contributed by atoms with Crippen LogP contribution in [0.5, 0.6) is 0 Å². The third kappa shape index (κ3) is 3.34. The Morgan fingerprint density at radius 1 is 1.18 bits per heavy atom. The standard InChI is InChI=1S/C14H15N3O4S/c1-2-22(20,21)12-7-8-13(14(9-12)17(18)19)16-11-5-3-10(15)4-6-11/h3-9,16H,2,15H2,1H3. The molecule has 0 atom stereocenters. The first-order valence-corrected chi connectivity index (χ1v) is 8.12. The van der Waals surface area contributed by atoms with Gasteiger partial charge in [0.25, 0.3) is 5.69 Å². The molecule has 7 nitrogen and oxygen atoms in total. The van der Waals surface area contributed by atoms with E-state index < -0.39 is 14.8 Å². The summed E-state index contributed by atoms with van der Waals surface area (Å²) in [6.07, 6.45) is 0. The third-order valence-electron chi connectivity index (χ3n) is 3.09. The zero-order chi connectivity index (χ0) is 16.3. The van der Waals surface area contributed by atoms with Crippen LogP contribution in [0.2, 0.25) is 0 Å². The fraction of sp³-hybridized carbons (Fsp3) is 0.143. The van der Waals surface area contributed by atoms with Gasteiger partial charge in [-0.3, -0.25) is 10.1 Å². The molecular formula is C14H15N3O4S. The number of hydrogen-bond acceptors (Lipinski definition) is 6. The number of nitro groups is 1. The zero-order valence-corrected chi connectivity index (χ0v) is 12.6. The number of benzene rings is 2. The van der Waals surface area contributed by atoms with Crippen LogP contribution in [0, 0.1) is 10.1 Å². The summed E-state index contributed by atoms with van der Waals surface area (Å²) in [6.45, 7) is 1.49. The Morgan fingerprint density at radius 2 is 1.82 bits per heavy atom. The number of nitrogens with two attached hydrogens (primary N) is 1. The van der Waals surface area contributed by atoms with Gasteiger partial charge >= 0.3 is 0 Å². The van der Waals surface area contributed by atoms with Crippen LogP contribution < -0.4 is 11.1 Å². The molecule has 3 N–H and O–H groups in total. The zero-order valence-electron chi connectivity index (χ0n) is 11.8. The summed E-state index contributed by atoms with van der Waals surface area (Å²) in [5.41, 5.74) is 6.68. The molecule has 0 aliphatic rings. The molecule has 0 bridgehead atoms. The van der Waals surface area contributed by atoms with Crippen LogP contribution >= 0.6 is 0 Å². The predicted molar refractivity (Wildman–Crippen MR) is 85.0 cm³/mol. The molecule has 8 heteroatoms. The fourth-order valence-corrected chi connectivity index (χ4v) is 2.75. The molecule has 0 saturated heterocycles. The van der Waals surface area contributed by atoms with E-state index in [9.17, 15) is 18.5 Å². The van der Waals surface area contributed by atoms with Crippen LogP contribution in [0.3, 0.4) is 0 Å². The predicted octanol–water partition coefficient (Wildman–Crippen LogP) is 2.71. The van der Waals surface area contributed by atoms with E-state index >= 15 is 0 Å². The molecular weight excluding hydrogens is 306 g/mol. The van der Waals surface area contributed by atoms with Crippen LogP contribution in [0.25, 0.3) is 0 Å². The van der Waals surface area contributed by atoms with E-state index in [-0.39, 0.29) is 22.0 Å². The Kier molecular flexibility index (Phi) is 4.32. The van der Waals surface area contributed by atoms with E-state index in [1.165, 1.54) is 19.1 Å². The lowest BCUT2D eigenvalue weighted by molar-refractivity contribution is -0.384. The fourth-order valence-electron chi connectivity index (χ4n) is 1.85. The van der Waals surface area contributed by atoms with Crippen molar-refractivity contribution in [2.75, 3.05) is 16.8 Å². The van der Waals surface area contributed by atoms with Crippen molar-refractivity contribution in [2.45, 2.75) is 11.8 Å². The second-order valence-electron chi connectivity index (χ2n) is 4.59. The maximum absolute atomic E-state index is 11.8. The number of nitrogen functional groups attached to an aromatic ring is 1. The Morgan fingerprint density at radius 3 is 2.36 bits per heavy atom. The third-order valence-corrected chi connectivity index (χ3v) is 4.83. The molecule has 0 heterocycles. The summed E-state index contributed by atoms with van der Waals surface area (Å²) in [5, 5.41) is 14.1. The average Bonchev–Trinajstić information content (AvgIpc) is 2.49. The Bertz CT molecular complexity index is 801. The summed E-state index contributed by atoms with van der Waals surface area (Å²) in [5.74, 6) is -0.116. The van der Waals surface area contributed by atoms with Crippen LogP contribution in [0.4, 0.5) is 22.7 Å². The second kappa shape index (κ2) is 6.02. The highest BCUT2D eigenvalue weighted by Crippen LogP contribution is 2.30. The molecule has 0 amide bonds. The molecule has 0 aliphatic carbocycles. The molecule has 2 rings (SSSR count). The summed E-state index contributed by atoms with van der Waals surface area (Å²) in [6, 6.07) is 10.5. The lowest BCUT2D eigenvalue weighted by Crippen LogP contribution is -2.05. The first kappa shape index (κ1) is 15.8. The molecule has 0 saturated carbocycles. The van der Waals surface area contributed by atoms with Gasteiger partial charge in [0.15, 0.2) is 9.84 Å². The van der Waals surface area contributed by atoms with E-state index in [1.54, 1.807) is 24.3 Å². The molecule has 22 heavy (non-hydrogen) atoms. The number of hydrogen-bond donors (Lipinski definition) is 2. The minimum absolute atomic E-state index is 0.0652. The van der Waals surface area contributed by atoms with Gasteiger partial charge in [0.1, 0.15) is 5.69 Å². The van der Waals surface area contributed by atoms with Crippen LogP contribution in [0.1, 0.15) is 6.92 Å². The molecule has 0 spiro atoms. The van der Waals surface area contributed by atoms with Gasteiger partial charge in [-0.05, 0) is 36.4 Å². The molecule has 0 fully saturated rings.